The predicted molar refractivity (Wildman–Crippen MR) is 83.4 cm³/mol. The maximum Gasteiger partial charge on any atom is 0.337 e. The molecule has 25 heavy (non-hydrogen) atoms. The zero-order valence-corrected chi connectivity index (χ0v) is 13.3. The van der Waals surface area contributed by atoms with Gasteiger partial charge < -0.3 is 14.8 Å². The summed E-state index contributed by atoms with van der Waals surface area (Å²) in [6, 6.07) is 6.20. The van der Waals surface area contributed by atoms with Crippen LogP contribution in [0.4, 0.5) is 14.5 Å². The van der Waals surface area contributed by atoms with Crippen LogP contribution in [0.5, 0.6) is 0 Å². The fourth-order valence-corrected chi connectivity index (χ4v) is 2.04. The van der Waals surface area contributed by atoms with Crippen molar-refractivity contribution in [2.45, 2.75) is 0 Å². The van der Waals surface area contributed by atoms with Gasteiger partial charge in [-0.1, -0.05) is 0 Å². The van der Waals surface area contributed by atoms with Crippen molar-refractivity contribution < 1.29 is 32.6 Å². The van der Waals surface area contributed by atoms with E-state index in [0.717, 1.165) is 26.4 Å². The monoisotopic (exact) mass is 349 g/mol. The number of nitrogens with one attached hydrogen (secondary N) is 1. The topological polar surface area (TPSA) is 81.7 Å². The Bertz CT molecular complexity index is 817. The van der Waals surface area contributed by atoms with Gasteiger partial charge in [0.2, 0.25) is 0 Å². The van der Waals surface area contributed by atoms with Crippen LogP contribution in [0.25, 0.3) is 0 Å². The minimum Gasteiger partial charge on any atom is -0.465 e. The van der Waals surface area contributed by atoms with Crippen LogP contribution in [0.2, 0.25) is 0 Å². The highest BCUT2D eigenvalue weighted by molar-refractivity contribution is 6.06. The second-order valence-corrected chi connectivity index (χ2v) is 4.86. The van der Waals surface area contributed by atoms with Gasteiger partial charge in [0, 0.05) is 11.8 Å². The van der Waals surface area contributed by atoms with E-state index in [4.69, 9.17) is 0 Å². The molecular formula is C17H13F2NO5. The van der Waals surface area contributed by atoms with E-state index < -0.39 is 35.0 Å². The van der Waals surface area contributed by atoms with Gasteiger partial charge in [0.15, 0.2) is 0 Å². The van der Waals surface area contributed by atoms with E-state index in [1.54, 1.807) is 0 Å². The van der Waals surface area contributed by atoms with E-state index in [-0.39, 0.29) is 16.8 Å². The van der Waals surface area contributed by atoms with Crippen molar-refractivity contribution in [3.63, 3.8) is 0 Å². The molecule has 1 amide bonds. The SMILES string of the molecule is COC(=O)c1cc(NC(=O)c2ccc(F)cc2F)cc(C(=O)OC)c1. The lowest BCUT2D eigenvalue weighted by Crippen LogP contribution is -2.15. The minimum absolute atomic E-state index is 0.0136. The van der Waals surface area contributed by atoms with Gasteiger partial charge in [0.05, 0.1) is 30.9 Å². The third-order valence-corrected chi connectivity index (χ3v) is 3.21. The summed E-state index contributed by atoms with van der Waals surface area (Å²) in [6.07, 6.45) is 0. The van der Waals surface area contributed by atoms with E-state index >= 15 is 0 Å². The highest BCUT2D eigenvalue weighted by Crippen LogP contribution is 2.19. The highest BCUT2D eigenvalue weighted by Gasteiger charge is 2.17. The van der Waals surface area contributed by atoms with Crippen LogP contribution >= 0.6 is 0 Å². The Hall–Kier alpha value is -3.29. The fourth-order valence-electron chi connectivity index (χ4n) is 2.04. The van der Waals surface area contributed by atoms with Crippen molar-refractivity contribution in [3.8, 4) is 0 Å². The molecule has 0 atom stereocenters. The highest BCUT2D eigenvalue weighted by atomic mass is 19.1. The van der Waals surface area contributed by atoms with E-state index in [2.05, 4.69) is 14.8 Å². The first-order chi connectivity index (χ1) is 11.8. The Morgan fingerprint density at radius 3 is 1.92 bits per heavy atom. The Morgan fingerprint density at radius 1 is 0.880 bits per heavy atom. The van der Waals surface area contributed by atoms with Crippen molar-refractivity contribution in [2.75, 3.05) is 19.5 Å². The molecule has 0 bridgehead atoms. The van der Waals surface area contributed by atoms with Crippen LogP contribution in [-0.4, -0.2) is 32.1 Å². The molecule has 2 aromatic rings. The molecule has 0 heterocycles. The fraction of sp³-hybridized carbons (Fsp3) is 0.118. The summed E-state index contributed by atoms with van der Waals surface area (Å²) in [6.45, 7) is 0. The van der Waals surface area contributed by atoms with Gasteiger partial charge in [-0.3, -0.25) is 4.79 Å². The molecule has 0 aromatic heterocycles. The van der Waals surface area contributed by atoms with Crippen molar-refractivity contribution in [3.05, 3.63) is 64.7 Å². The molecule has 0 aliphatic heterocycles. The summed E-state index contributed by atoms with van der Waals surface area (Å²) in [4.78, 5) is 35.5. The molecule has 0 aliphatic rings. The molecule has 0 saturated carbocycles. The molecule has 0 unspecified atom stereocenters. The second kappa shape index (κ2) is 7.52. The molecule has 2 rings (SSSR count). The number of carbonyl (C=O) groups is 3. The maximum atomic E-state index is 13.7. The molecule has 0 spiro atoms. The van der Waals surface area contributed by atoms with Gasteiger partial charge in [-0.2, -0.15) is 0 Å². The van der Waals surface area contributed by atoms with Crippen molar-refractivity contribution in [2.24, 2.45) is 0 Å². The van der Waals surface area contributed by atoms with Crippen molar-refractivity contribution >= 4 is 23.5 Å². The van der Waals surface area contributed by atoms with Crippen LogP contribution in [-0.2, 0) is 9.47 Å². The Balaban J connectivity index is 2.38. The van der Waals surface area contributed by atoms with Crippen LogP contribution in [0.3, 0.4) is 0 Å². The summed E-state index contributed by atoms with van der Waals surface area (Å²) >= 11 is 0. The molecule has 0 radical (unpaired) electrons. The van der Waals surface area contributed by atoms with Crippen molar-refractivity contribution in [1.82, 2.24) is 0 Å². The molecule has 130 valence electrons. The zero-order chi connectivity index (χ0) is 18.6. The number of rotatable bonds is 4. The van der Waals surface area contributed by atoms with Crippen LogP contribution in [0.1, 0.15) is 31.1 Å². The van der Waals surface area contributed by atoms with Gasteiger partial charge in [-0.15, -0.1) is 0 Å². The summed E-state index contributed by atoms with van der Waals surface area (Å²) in [5.41, 5.74) is -0.387. The number of esters is 2. The number of hydrogen-bond acceptors (Lipinski definition) is 5. The van der Waals surface area contributed by atoms with Gasteiger partial charge in [0.1, 0.15) is 11.6 Å². The van der Waals surface area contributed by atoms with Crippen LogP contribution < -0.4 is 5.32 Å². The van der Waals surface area contributed by atoms with Gasteiger partial charge in [0.25, 0.3) is 5.91 Å². The van der Waals surface area contributed by atoms with E-state index in [1.807, 2.05) is 0 Å². The number of amides is 1. The molecular weight excluding hydrogens is 336 g/mol. The first-order valence-electron chi connectivity index (χ1n) is 6.94. The number of ether oxygens (including phenoxy) is 2. The lowest BCUT2D eigenvalue weighted by atomic mass is 10.1. The molecule has 6 nitrogen and oxygen atoms in total. The van der Waals surface area contributed by atoms with Gasteiger partial charge in [-0.05, 0) is 30.3 Å². The van der Waals surface area contributed by atoms with E-state index in [1.165, 1.54) is 18.2 Å². The smallest absolute Gasteiger partial charge is 0.337 e. The van der Waals surface area contributed by atoms with Crippen molar-refractivity contribution in [1.29, 1.82) is 0 Å². The lowest BCUT2D eigenvalue weighted by Gasteiger charge is -2.10. The standard InChI is InChI=1S/C17H13F2NO5/c1-24-16(22)9-5-10(17(23)25-2)7-12(6-9)20-15(21)13-4-3-11(18)8-14(13)19/h3-8H,1-2H3,(H,20,21). The third kappa shape index (κ3) is 4.17. The van der Waals surface area contributed by atoms with Crippen LogP contribution in [0, 0.1) is 11.6 Å². The van der Waals surface area contributed by atoms with Gasteiger partial charge in [-0.25, -0.2) is 18.4 Å². The molecule has 2 aromatic carbocycles. The average molecular weight is 349 g/mol. The number of anilines is 1. The summed E-state index contributed by atoms with van der Waals surface area (Å²) in [5, 5.41) is 2.34. The third-order valence-electron chi connectivity index (χ3n) is 3.21. The predicted octanol–water partition coefficient (Wildman–Crippen LogP) is 2.79. The molecule has 8 heteroatoms. The zero-order valence-electron chi connectivity index (χ0n) is 13.3. The number of benzene rings is 2. The number of hydrogen-bond donors (Lipinski definition) is 1. The van der Waals surface area contributed by atoms with Crippen LogP contribution in [0.15, 0.2) is 36.4 Å². The van der Waals surface area contributed by atoms with E-state index in [9.17, 15) is 23.2 Å². The Kier molecular flexibility index (Phi) is 5.43. The first kappa shape index (κ1) is 18.1. The average Bonchev–Trinajstić information content (AvgIpc) is 2.59. The normalized spacial score (nSPS) is 10.1. The minimum atomic E-state index is -1.05. The quantitative estimate of drug-likeness (QED) is 0.859. The molecule has 0 aliphatic carbocycles. The molecule has 0 fully saturated rings. The Morgan fingerprint density at radius 2 is 1.44 bits per heavy atom. The summed E-state index contributed by atoms with van der Waals surface area (Å²) in [7, 11) is 2.30. The van der Waals surface area contributed by atoms with Gasteiger partial charge >= 0.3 is 11.9 Å². The molecule has 0 saturated heterocycles. The summed E-state index contributed by atoms with van der Waals surface area (Å²) < 4.78 is 35.8. The second-order valence-electron chi connectivity index (χ2n) is 4.86. The van der Waals surface area contributed by atoms with E-state index in [0.29, 0.717) is 6.07 Å². The Labute approximate surface area is 141 Å². The lowest BCUT2D eigenvalue weighted by molar-refractivity contribution is 0.0599. The number of carbonyl (C=O) groups excluding carboxylic acids is 3. The molecule has 1 N–H and O–H groups in total. The number of methoxy groups -OCH3 is 2. The summed E-state index contributed by atoms with van der Waals surface area (Å²) in [5.74, 6) is -4.23. The largest absolute Gasteiger partial charge is 0.465 e. The first-order valence-corrected chi connectivity index (χ1v) is 6.94. The maximum absolute atomic E-state index is 13.7. The number of halogens is 2.